The van der Waals surface area contributed by atoms with Gasteiger partial charge in [-0.3, -0.25) is 9.79 Å². The average Bonchev–Trinajstić information content (AvgIpc) is 2.88. The van der Waals surface area contributed by atoms with Crippen molar-refractivity contribution in [1.82, 2.24) is 0 Å². The molecule has 0 unspecified atom stereocenters. The van der Waals surface area contributed by atoms with Gasteiger partial charge in [0, 0.05) is 26.0 Å². The topological polar surface area (TPSA) is 48.3 Å². The maximum absolute atomic E-state index is 12.6. The number of hydrogen-bond acceptors (Lipinski definition) is 4. The third-order valence-corrected chi connectivity index (χ3v) is 3.92. The Morgan fingerprint density at radius 3 is 2.38 bits per heavy atom. The summed E-state index contributed by atoms with van der Waals surface area (Å²) in [5.41, 5.74) is 3.45. The molecule has 0 saturated heterocycles. The summed E-state index contributed by atoms with van der Waals surface area (Å²) in [6.07, 6.45) is 1.68. The van der Waals surface area contributed by atoms with Crippen LogP contribution in [0, 0.1) is 5.92 Å². The van der Waals surface area contributed by atoms with Gasteiger partial charge in [0.2, 0.25) is 0 Å². The van der Waals surface area contributed by atoms with Crippen LogP contribution in [0.15, 0.2) is 64.7 Å². The highest BCUT2D eigenvalue weighted by Crippen LogP contribution is 2.24. The fraction of sp³-hybridized carbons (Fsp3) is 0.211. The van der Waals surface area contributed by atoms with Gasteiger partial charge in [0.1, 0.15) is 5.92 Å². The Labute approximate surface area is 141 Å². The van der Waals surface area contributed by atoms with Crippen molar-refractivity contribution >= 4 is 34.9 Å². The second kappa shape index (κ2) is 6.66. The molecule has 2 aromatic rings. The lowest BCUT2D eigenvalue weighted by Gasteiger charge is -2.12. The predicted molar refractivity (Wildman–Crippen MR) is 99.4 cm³/mol. The molecule has 0 radical (unpaired) electrons. The van der Waals surface area contributed by atoms with E-state index in [4.69, 9.17) is 0 Å². The maximum atomic E-state index is 12.6. The molecule has 2 aromatic carbocycles. The van der Waals surface area contributed by atoms with Crippen LogP contribution in [-0.2, 0) is 4.79 Å². The minimum Gasteiger partial charge on any atom is -0.378 e. The summed E-state index contributed by atoms with van der Waals surface area (Å²) in [5.74, 6) is -0.494. The van der Waals surface area contributed by atoms with Crippen LogP contribution in [0.2, 0.25) is 0 Å². The van der Waals surface area contributed by atoms with Gasteiger partial charge in [-0.2, -0.15) is 10.1 Å². The second-order valence-electron chi connectivity index (χ2n) is 5.89. The van der Waals surface area contributed by atoms with Gasteiger partial charge in [0.25, 0.3) is 5.91 Å². The number of nitrogens with zero attached hydrogens (tertiary/aromatic N) is 4. The van der Waals surface area contributed by atoms with Crippen LogP contribution in [-0.4, -0.2) is 31.9 Å². The van der Waals surface area contributed by atoms with Crippen molar-refractivity contribution in [2.75, 3.05) is 24.0 Å². The molecule has 0 fully saturated rings. The Morgan fingerprint density at radius 2 is 1.75 bits per heavy atom. The highest BCUT2D eigenvalue weighted by atomic mass is 16.2. The monoisotopic (exact) mass is 320 g/mol. The molecule has 5 nitrogen and oxygen atoms in total. The van der Waals surface area contributed by atoms with Crippen molar-refractivity contribution in [3.8, 4) is 0 Å². The molecular formula is C19H20N4O. The minimum absolute atomic E-state index is 0.0765. The first-order valence-corrected chi connectivity index (χ1v) is 7.82. The van der Waals surface area contributed by atoms with Gasteiger partial charge in [0.05, 0.1) is 17.1 Å². The molecule has 1 aliphatic rings. The third-order valence-electron chi connectivity index (χ3n) is 3.92. The van der Waals surface area contributed by atoms with Gasteiger partial charge < -0.3 is 4.90 Å². The molecule has 5 heteroatoms. The SMILES string of the molecule is CC1=NN(c2ccccc2)C(=O)[C@@H]1C=Nc1ccc(N(C)C)cc1. The van der Waals surface area contributed by atoms with E-state index in [0.29, 0.717) is 0 Å². The van der Waals surface area contributed by atoms with Crippen LogP contribution >= 0.6 is 0 Å². The van der Waals surface area contributed by atoms with Gasteiger partial charge in [-0.25, -0.2) is 0 Å². The Bertz CT molecular complexity index is 779. The third kappa shape index (κ3) is 3.20. The van der Waals surface area contributed by atoms with Gasteiger partial charge in [-0.05, 0) is 43.3 Å². The van der Waals surface area contributed by atoms with Crippen molar-refractivity contribution in [2.45, 2.75) is 6.92 Å². The largest absolute Gasteiger partial charge is 0.378 e. The molecule has 1 amide bonds. The van der Waals surface area contributed by atoms with E-state index in [1.807, 2.05) is 80.5 Å². The highest BCUT2D eigenvalue weighted by Gasteiger charge is 2.33. The zero-order valence-electron chi connectivity index (χ0n) is 14.0. The van der Waals surface area contributed by atoms with Crippen LogP contribution in [0.4, 0.5) is 17.1 Å². The van der Waals surface area contributed by atoms with Crippen molar-refractivity contribution in [3.05, 3.63) is 54.6 Å². The zero-order valence-corrected chi connectivity index (χ0v) is 14.0. The molecule has 24 heavy (non-hydrogen) atoms. The van der Waals surface area contributed by atoms with Crippen LogP contribution in [0.3, 0.4) is 0 Å². The maximum Gasteiger partial charge on any atom is 0.261 e. The number of rotatable bonds is 4. The van der Waals surface area contributed by atoms with E-state index in [1.54, 1.807) is 6.21 Å². The molecule has 122 valence electrons. The molecule has 3 rings (SSSR count). The number of para-hydroxylation sites is 1. The van der Waals surface area contributed by atoms with Crippen molar-refractivity contribution in [2.24, 2.45) is 16.0 Å². The molecular weight excluding hydrogens is 300 g/mol. The molecule has 0 saturated carbocycles. The fourth-order valence-electron chi connectivity index (χ4n) is 2.50. The number of carbonyl (C=O) groups excluding carboxylic acids is 1. The lowest BCUT2D eigenvalue weighted by atomic mass is 10.1. The molecule has 0 aliphatic carbocycles. The summed E-state index contributed by atoms with van der Waals surface area (Å²) in [6, 6.07) is 17.3. The number of hydrogen-bond donors (Lipinski definition) is 0. The molecule has 0 spiro atoms. The quantitative estimate of drug-likeness (QED) is 0.810. The van der Waals surface area contributed by atoms with Gasteiger partial charge in [0.15, 0.2) is 0 Å². The smallest absolute Gasteiger partial charge is 0.261 e. The summed E-state index contributed by atoms with van der Waals surface area (Å²) in [4.78, 5) is 19.1. The van der Waals surface area contributed by atoms with Crippen molar-refractivity contribution < 1.29 is 4.79 Å². The Kier molecular flexibility index (Phi) is 4.42. The lowest BCUT2D eigenvalue weighted by Crippen LogP contribution is -2.27. The van der Waals surface area contributed by atoms with Crippen LogP contribution < -0.4 is 9.91 Å². The Hall–Kier alpha value is -2.95. The summed E-state index contributed by atoms with van der Waals surface area (Å²) >= 11 is 0. The van der Waals surface area contributed by atoms with Gasteiger partial charge >= 0.3 is 0 Å². The molecule has 0 bridgehead atoms. The van der Waals surface area contributed by atoms with E-state index in [1.165, 1.54) is 5.01 Å². The number of aliphatic imine (C=N–C) groups is 1. The minimum atomic E-state index is -0.418. The number of benzene rings is 2. The first-order valence-electron chi connectivity index (χ1n) is 7.82. The zero-order chi connectivity index (χ0) is 17.1. The Balaban J connectivity index is 1.76. The van der Waals surface area contributed by atoms with Crippen molar-refractivity contribution in [3.63, 3.8) is 0 Å². The first-order chi connectivity index (χ1) is 11.6. The van der Waals surface area contributed by atoms with Crippen LogP contribution in [0.1, 0.15) is 6.92 Å². The van der Waals surface area contributed by atoms with E-state index in [9.17, 15) is 4.79 Å². The van der Waals surface area contributed by atoms with E-state index < -0.39 is 5.92 Å². The van der Waals surface area contributed by atoms with Gasteiger partial charge in [-0.1, -0.05) is 18.2 Å². The van der Waals surface area contributed by atoms with Crippen molar-refractivity contribution in [1.29, 1.82) is 0 Å². The number of hydrazone groups is 1. The van der Waals surface area contributed by atoms with E-state index in [2.05, 4.69) is 10.1 Å². The highest BCUT2D eigenvalue weighted by molar-refractivity contribution is 6.23. The summed E-state index contributed by atoms with van der Waals surface area (Å²) in [7, 11) is 3.99. The van der Waals surface area contributed by atoms with Crippen LogP contribution in [0.5, 0.6) is 0 Å². The molecule has 1 atom stereocenters. The molecule has 1 aliphatic heterocycles. The van der Waals surface area contributed by atoms with Crippen LogP contribution in [0.25, 0.3) is 0 Å². The molecule has 0 aromatic heterocycles. The first kappa shape index (κ1) is 15.9. The van der Waals surface area contributed by atoms with Gasteiger partial charge in [-0.15, -0.1) is 0 Å². The summed E-state index contributed by atoms with van der Waals surface area (Å²) in [5, 5.41) is 5.82. The summed E-state index contributed by atoms with van der Waals surface area (Å²) < 4.78 is 0. The normalized spacial score (nSPS) is 17.5. The van der Waals surface area contributed by atoms with E-state index in [0.717, 1.165) is 22.8 Å². The fourth-order valence-corrected chi connectivity index (χ4v) is 2.50. The molecule has 1 heterocycles. The number of anilines is 2. The number of amides is 1. The lowest BCUT2D eigenvalue weighted by molar-refractivity contribution is -0.118. The second-order valence-corrected chi connectivity index (χ2v) is 5.89. The number of carbonyl (C=O) groups is 1. The summed E-state index contributed by atoms with van der Waals surface area (Å²) in [6.45, 7) is 1.85. The standard InChI is InChI=1S/C19H20N4O/c1-14-18(13-20-15-9-11-16(12-10-15)22(2)3)19(24)23(21-14)17-7-5-4-6-8-17/h4-13,18H,1-3H3/t18-/m1/s1. The Morgan fingerprint density at radius 1 is 1.08 bits per heavy atom. The predicted octanol–water partition coefficient (Wildman–Crippen LogP) is 3.49. The van der Waals surface area contributed by atoms with E-state index in [-0.39, 0.29) is 5.91 Å². The average molecular weight is 320 g/mol. The van der Waals surface area contributed by atoms with E-state index >= 15 is 0 Å². The molecule has 0 N–H and O–H groups in total.